The second-order valence-electron chi connectivity index (χ2n) is 7.60. The topological polar surface area (TPSA) is 134 Å². The molecular formula is C17H21NO8S. The van der Waals surface area contributed by atoms with Crippen LogP contribution in [0, 0.1) is 11.3 Å². The van der Waals surface area contributed by atoms with E-state index in [2.05, 4.69) is 22.9 Å². The third-order valence-corrected chi connectivity index (χ3v) is 6.40. The summed E-state index contributed by atoms with van der Waals surface area (Å²) in [5.41, 5.74) is 2.34. The average molecular weight is 399 g/mol. The number of piperidine rings is 1. The van der Waals surface area contributed by atoms with Crippen LogP contribution in [0.2, 0.25) is 0 Å². The molecular weight excluding hydrogens is 378 g/mol. The van der Waals surface area contributed by atoms with Crippen LogP contribution in [0.1, 0.15) is 25.7 Å². The van der Waals surface area contributed by atoms with Crippen LogP contribution >= 0.6 is 0 Å². The highest BCUT2D eigenvalue weighted by Crippen LogP contribution is 2.64. The summed E-state index contributed by atoms with van der Waals surface area (Å²) in [4.78, 5) is 19.5. The number of nitrogens with zero attached hydrogens (tertiary/aromatic N) is 1. The molecule has 0 aromatic rings. The fourth-order valence-corrected chi connectivity index (χ4v) is 5.46. The molecule has 2 fully saturated rings. The Kier molecular flexibility index (Phi) is 4.24. The van der Waals surface area contributed by atoms with Gasteiger partial charge in [-0.25, -0.2) is 5.26 Å². The van der Waals surface area contributed by atoms with Crippen LogP contribution in [0.25, 0.3) is 0 Å². The molecule has 5 aliphatic rings. The molecule has 0 radical (unpaired) electrons. The van der Waals surface area contributed by atoms with E-state index in [9.17, 15) is 10.1 Å². The van der Waals surface area contributed by atoms with Gasteiger partial charge in [0.2, 0.25) is 0 Å². The highest BCUT2D eigenvalue weighted by molar-refractivity contribution is 7.79. The minimum absolute atomic E-state index is 0.0486. The molecule has 148 valence electrons. The second kappa shape index (κ2) is 6.14. The van der Waals surface area contributed by atoms with Crippen LogP contribution in [-0.4, -0.2) is 59.2 Å². The summed E-state index contributed by atoms with van der Waals surface area (Å²) in [6.07, 6.45) is 6.84. The Hall–Kier alpha value is -1.72. The summed E-state index contributed by atoms with van der Waals surface area (Å²) < 4.78 is 37.7. The first kappa shape index (κ1) is 18.6. The molecule has 0 aromatic heterocycles. The fourth-order valence-electron chi connectivity index (χ4n) is 5.46. The van der Waals surface area contributed by atoms with Gasteiger partial charge in [0.1, 0.15) is 0 Å². The van der Waals surface area contributed by atoms with E-state index in [-0.39, 0.29) is 11.2 Å². The van der Waals surface area contributed by atoms with E-state index in [1.165, 1.54) is 11.1 Å². The molecule has 2 heterocycles. The summed E-state index contributed by atoms with van der Waals surface area (Å²) in [6.45, 7) is 0.974. The van der Waals surface area contributed by atoms with E-state index in [0.717, 1.165) is 25.8 Å². The molecule has 3 N–H and O–H groups in total. The fraction of sp³-hybridized carbons (Fsp3) is 0.588. The van der Waals surface area contributed by atoms with Crippen LogP contribution < -0.4 is 0 Å². The van der Waals surface area contributed by atoms with Crippen molar-refractivity contribution in [1.29, 1.82) is 0 Å². The standard InChI is InChI=1S/C17H19NO4.H2O4S/c1-18-7-6-17-10-3-4-12(19)16(17)21-15-13(22-20)5-2-9(14(15)17)8-11(10)18;1-5(2,3)4/h3-4,10-11,16,20H,2,5-8H2,1H3;(H2,1,2,3,4)/t10-,11+,16-,17-;/m0./s1. The maximum absolute atomic E-state index is 12.5. The lowest BCUT2D eigenvalue weighted by Gasteiger charge is -2.55. The normalized spacial score (nSPS) is 36.7. The molecule has 9 nitrogen and oxygen atoms in total. The zero-order valence-electron chi connectivity index (χ0n) is 14.7. The molecule has 4 atom stereocenters. The highest BCUT2D eigenvalue weighted by Gasteiger charge is 2.66. The van der Waals surface area contributed by atoms with Crippen molar-refractivity contribution in [3.8, 4) is 0 Å². The number of carbonyl (C=O) groups excluding carboxylic acids is 1. The van der Waals surface area contributed by atoms with E-state index in [0.29, 0.717) is 29.9 Å². The zero-order chi connectivity index (χ0) is 19.6. The van der Waals surface area contributed by atoms with Gasteiger partial charge in [-0.3, -0.25) is 13.9 Å². The van der Waals surface area contributed by atoms with Gasteiger partial charge < -0.3 is 14.5 Å². The van der Waals surface area contributed by atoms with Gasteiger partial charge in [0.15, 0.2) is 23.4 Å². The Bertz CT molecular complexity index is 881. The van der Waals surface area contributed by atoms with Gasteiger partial charge in [0, 0.05) is 24.0 Å². The van der Waals surface area contributed by atoms with Crippen LogP contribution in [0.15, 0.2) is 34.8 Å². The molecule has 10 heteroatoms. The number of rotatable bonds is 1. The van der Waals surface area contributed by atoms with E-state index in [1.807, 2.05) is 0 Å². The first-order chi connectivity index (χ1) is 12.7. The van der Waals surface area contributed by atoms with Crippen LogP contribution in [0.5, 0.6) is 0 Å². The third-order valence-electron chi connectivity index (χ3n) is 6.40. The number of ketones is 1. The monoisotopic (exact) mass is 399 g/mol. The molecule has 3 aliphatic carbocycles. The SMILES string of the molecule is CN1CC[C@]23C4=C5CCC(OO)=C4O[C@H]2C(=O)C=C[C@H]3[C@H]1C5.O=S(=O)(O)O. The summed E-state index contributed by atoms with van der Waals surface area (Å²) in [5, 5.41) is 9.20. The number of carbonyl (C=O) groups is 1. The molecule has 2 saturated heterocycles. The van der Waals surface area contributed by atoms with Gasteiger partial charge in [-0.15, -0.1) is 0 Å². The zero-order valence-corrected chi connectivity index (χ0v) is 15.5. The minimum atomic E-state index is -4.67. The molecule has 2 aliphatic heterocycles. The molecule has 5 rings (SSSR count). The average Bonchev–Trinajstić information content (AvgIpc) is 2.93. The van der Waals surface area contributed by atoms with Crippen LogP contribution in [0.4, 0.5) is 0 Å². The summed E-state index contributed by atoms with van der Waals surface area (Å²) in [5.74, 6) is 1.50. The van der Waals surface area contributed by atoms with Gasteiger partial charge >= 0.3 is 10.4 Å². The van der Waals surface area contributed by atoms with E-state index in [1.54, 1.807) is 6.08 Å². The molecule has 0 aromatic carbocycles. The van der Waals surface area contributed by atoms with Gasteiger partial charge in [-0.2, -0.15) is 8.42 Å². The lowest BCUT2D eigenvalue weighted by atomic mass is 9.52. The maximum atomic E-state index is 12.5. The predicted octanol–water partition coefficient (Wildman–Crippen LogP) is 1.37. The summed E-state index contributed by atoms with van der Waals surface area (Å²) in [6, 6.07) is 0.443. The van der Waals surface area contributed by atoms with Gasteiger partial charge in [0.05, 0.1) is 5.41 Å². The molecule has 2 bridgehead atoms. The van der Waals surface area contributed by atoms with E-state index < -0.39 is 16.5 Å². The van der Waals surface area contributed by atoms with Crippen LogP contribution in [0.3, 0.4) is 0 Å². The minimum Gasteiger partial charge on any atom is -0.477 e. The predicted molar refractivity (Wildman–Crippen MR) is 91.8 cm³/mol. The first-order valence-electron chi connectivity index (χ1n) is 8.73. The van der Waals surface area contributed by atoms with Crippen molar-refractivity contribution in [1.82, 2.24) is 4.90 Å². The number of hydrogen-bond donors (Lipinski definition) is 3. The van der Waals surface area contributed by atoms with E-state index >= 15 is 0 Å². The van der Waals surface area contributed by atoms with Gasteiger partial charge in [0.25, 0.3) is 0 Å². The third kappa shape index (κ3) is 2.74. The van der Waals surface area contributed by atoms with Gasteiger partial charge in [-0.05, 0) is 38.9 Å². The van der Waals surface area contributed by atoms with Crippen molar-refractivity contribution in [2.45, 2.75) is 37.8 Å². The van der Waals surface area contributed by atoms with Gasteiger partial charge in [-0.1, -0.05) is 11.6 Å². The van der Waals surface area contributed by atoms with Crippen molar-refractivity contribution in [2.24, 2.45) is 11.3 Å². The lowest BCUT2D eigenvalue weighted by Crippen LogP contribution is -2.60. The smallest absolute Gasteiger partial charge is 0.394 e. The summed E-state index contributed by atoms with van der Waals surface area (Å²) >= 11 is 0. The largest absolute Gasteiger partial charge is 0.477 e. The Labute approximate surface area is 156 Å². The number of ether oxygens (including phenoxy) is 1. The van der Waals surface area contributed by atoms with Crippen LogP contribution in [-0.2, 0) is 24.8 Å². The molecule has 1 spiro atoms. The van der Waals surface area contributed by atoms with Crippen molar-refractivity contribution in [3.63, 3.8) is 0 Å². The quantitative estimate of drug-likeness (QED) is 0.339. The van der Waals surface area contributed by atoms with Crippen molar-refractivity contribution < 1.29 is 37.2 Å². The second-order valence-corrected chi connectivity index (χ2v) is 8.49. The molecule has 0 unspecified atom stereocenters. The van der Waals surface area contributed by atoms with Crippen molar-refractivity contribution in [2.75, 3.05) is 13.6 Å². The molecule has 0 amide bonds. The summed E-state index contributed by atoms with van der Waals surface area (Å²) in [7, 11) is -2.49. The number of allylic oxidation sites excluding steroid dienone is 2. The lowest BCUT2D eigenvalue weighted by molar-refractivity contribution is -0.209. The van der Waals surface area contributed by atoms with Crippen molar-refractivity contribution >= 4 is 16.2 Å². The first-order valence-corrected chi connectivity index (χ1v) is 10.1. The van der Waals surface area contributed by atoms with E-state index in [4.69, 9.17) is 22.3 Å². The highest BCUT2D eigenvalue weighted by atomic mass is 32.3. The molecule has 27 heavy (non-hydrogen) atoms. The number of hydrogen-bond acceptors (Lipinski definition) is 7. The Morgan fingerprint density at radius 2 is 2.04 bits per heavy atom. The molecule has 0 saturated carbocycles. The Morgan fingerprint density at radius 1 is 1.33 bits per heavy atom. The Morgan fingerprint density at radius 3 is 2.70 bits per heavy atom. The van der Waals surface area contributed by atoms with Crippen molar-refractivity contribution in [3.05, 3.63) is 34.8 Å². The maximum Gasteiger partial charge on any atom is 0.394 e. The Balaban J connectivity index is 0.000000323. The number of likely N-dealkylation sites (tertiary alicyclic amines) is 1.